The average Bonchev–Trinajstić information content (AvgIpc) is 3.61. The number of nitrogens with zero attached hydrogens (tertiary/aromatic N) is 1. The minimum absolute atomic E-state index is 0.0376. The molecule has 1 atom stereocenters. The fourth-order valence-electron chi connectivity index (χ4n) is 6.37. The van der Waals surface area contributed by atoms with Crippen LogP contribution in [0.1, 0.15) is 5.56 Å². The molecule has 1 N–H and O–H groups in total. The van der Waals surface area contributed by atoms with E-state index in [1.807, 2.05) is 22.7 Å². The first-order valence-corrected chi connectivity index (χ1v) is 16.2. The second kappa shape index (κ2) is 9.84. The molecule has 4 heteroatoms. The predicted molar refractivity (Wildman–Crippen MR) is 189 cm³/mol. The minimum atomic E-state index is -0.0376. The summed E-state index contributed by atoms with van der Waals surface area (Å²) in [5.41, 5.74) is 6.04. The molecule has 1 unspecified atom stereocenters. The Morgan fingerprint density at radius 1 is 0.512 bits per heavy atom. The molecular weight excluding hydrogens is 561 g/mol. The molecule has 1 aliphatic rings. The lowest BCUT2D eigenvalue weighted by molar-refractivity contribution is 0.882. The van der Waals surface area contributed by atoms with Gasteiger partial charge in [-0.2, -0.15) is 0 Å². The zero-order valence-corrected chi connectivity index (χ0v) is 24.8. The third-order valence-electron chi connectivity index (χ3n) is 8.49. The highest BCUT2D eigenvalue weighted by molar-refractivity contribution is 7.25. The van der Waals surface area contributed by atoms with Crippen molar-refractivity contribution in [2.24, 2.45) is 0 Å². The quantitative estimate of drug-likeness (QED) is 0.221. The summed E-state index contributed by atoms with van der Waals surface area (Å²) in [5, 5.41) is 11.6. The molecule has 1 aliphatic heterocycles. The first-order valence-electron chi connectivity index (χ1n) is 14.5. The van der Waals surface area contributed by atoms with Gasteiger partial charge in [-0.3, -0.25) is 0 Å². The van der Waals surface area contributed by atoms with Crippen LogP contribution in [-0.2, 0) is 0 Å². The Bertz CT molecular complexity index is 2330. The van der Waals surface area contributed by atoms with E-state index in [4.69, 9.17) is 0 Å². The lowest BCUT2D eigenvalue weighted by Gasteiger charge is -2.34. The normalized spacial score (nSPS) is 14.4. The molecule has 0 amide bonds. The number of fused-ring (bicyclic) bond motifs is 7. The predicted octanol–water partition coefficient (Wildman–Crippen LogP) is 11.7. The van der Waals surface area contributed by atoms with E-state index in [-0.39, 0.29) is 6.17 Å². The molecule has 0 aliphatic carbocycles. The Morgan fingerprint density at radius 3 is 2.05 bits per heavy atom. The highest BCUT2D eigenvalue weighted by Crippen LogP contribution is 2.44. The maximum atomic E-state index is 3.92. The number of rotatable bonds is 4. The molecule has 204 valence electrons. The molecule has 0 fully saturated rings. The van der Waals surface area contributed by atoms with Crippen LogP contribution in [0.25, 0.3) is 58.2 Å². The van der Waals surface area contributed by atoms with Crippen molar-refractivity contribution in [2.45, 2.75) is 6.17 Å². The average molecular weight is 587 g/mol. The summed E-state index contributed by atoms with van der Waals surface area (Å²) in [6, 6.07) is 48.5. The molecule has 2 nitrogen and oxygen atoms in total. The lowest BCUT2D eigenvalue weighted by Crippen LogP contribution is -2.37. The zero-order valence-electron chi connectivity index (χ0n) is 23.2. The molecule has 8 aromatic rings. The van der Waals surface area contributed by atoms with Gasteiger partial charge in [0.05, 0.1) is 5.00 Å². The fourth-order valence-corrected chi connectivity index (χ4v) is 8.67. The molecule has 0 saturated heterocycles. The Balaban J connectivity index is 1.16. The van der Waals surface area contributed by atoms with Gasteiger partial charge in [-0.1, -0.05) is 97.1 Å². The Hall–Kier alpha value is -4.90. The summed E-state index contributed by atoms with van der Waals surface area (Å²) < 4.78 is 3.94. The third kappa shape index (κ3) is 4.14. The van der Waals surface area contributed by atoms with Crippen LogP contribution < -0.4 is 10.2 Å². The van der Waals surface area contributed by atoms with Crippen molar-refractivity contribution in [1.82, 2.24) is 0 Å². The second-order valence-corrected chi connectivity index (χ2v) is 13.2. The SMILES string of the molecule is C1=CC(N(c2ccc(-c3ccccc3)cc2)c2ccc3c(c2)sc2ccccc23)Nc2sc3cc4ccccc4cc3c21. The van der Waals surface area contributed by atoms with Gasteiger partial charge in [-0.25, -0.2) is 0 Å². The van der Waals surface area contributed by atoms with Crippen LogP contribution in [0.2, 0.25) is 0 Å². The van der Waals surface area contributed by atoms with Gasteiger partial charge in [-0.15, -0.1) is 22.7 Å². The molecule has 3 heterocycles. The highest BCUT2D eigenvalue weighted by Gasteiger charge is 2.25. The van der Waals surface area contributed by atoms with Crippen molar-refractivity contribution < 1.29 is 0 Å². The molecule has 2 aromatic heterocycles. The first-order chi connectivity index (χ1) is 21.3. The van der Waals surface area contributed by atoms with Crippen LogP contribution in [0.15, 0.2) is 140 Å². The van der Waals surface area contributed by atoms with E-state index in [1.54, 1.807) is 0 Å². The molecular formula is C39H26N2S2. The van der Waals surface area contributed by atoms with Gasteiger partial charge < -0.3 is 10.2 Å². The fraction of sp³-hybridized carbons (Fsp3) is 0.0256. The smallest absolute Gasteiger partial charge is 0.124 e. The molecule has 43 heavy (non-hydrogen) atoms. The molecule has 9 rings (SSSR count). The van der Waals surface area contributed by atoms with E-state index < -0.39 is 0 Å². The Labute approximate surface area is 257 Å². The molecule has 6 aromatic carbocycles. The van der Waals surface area contributed by atoms with Gasteiger partial charge >= 0.3 is 0 Å². The van der Waals surface area contributed by atoms with Gasteiger partial charge in [-0.05, 0) is 70.4 Å². The number of hydrogen-bond donors (Lipinski definition) is 1. The van der Waals surface area contributed by atoms with Crippen LogP contribution in [0.4, 0.5) is 16.4 Å². The maximum Gasteiger partial charge on any atom is 0.124 e. The summed E-state index contributed by atoms with van der Waals surface area (Å²) >= 11 is 3.71. The summed E-state index contributed by atoms with van der Waals surface area (Å²) in [7, 11) is 0. The third-order valence-corrected chi connectivity index (χ3v) is 10.7. The van der Waals surface area contributed by atoms with Crippen molar-refractivity contribution in [1.29, 1.82) is 0 Å². The second-order valence-electron chi connectivity index (χ2n) is 11.1. The maximum absolute atomic E-state index is 3.92. The van der Waals surface area contributed by atoms with Gasteiger partial charge in [0.25, 0.3) is 0 Å². The van der Waals surface area contributed by atoms with Crippen LogP contribution in [0, 0.1) is 0 Å². The molecule has 0 bridgehead atoms. The summed E-state index contributed by atoms with van der Waals surface area (Å²) in [6.07, 6.45) is 4.58. The van der Waals surface area contributed by atoms with E-state index in [0.29, 0.717) is 0 Å². The van der Waals surface area contributed by atoms with E-state index in [9.17, 15) is 0 Å². The number of anilines is 3. The summed E-state index contributed by atoms with van der Waals surface area (Å²) in [4.78, 5) is 2.43. The van der Waals surface area contributed by atoms with Gasteiger partial charge in [0.2, 0.25) is 0 Å². The number of thiophene rings is 2. The summed E-state index contributed by atoms with van der Waals surface area (Å²) in [6.45, 7) is 0. The van der Waals surface area contributed by atoms with E-state index >= 15 is 0 Å². The van der Waals surface area contributed by atoms with Crippen LogP contribution in [0.5, 0.6) is 0 Å². The van der Waals surface area contributed by atoms with Gasteiger partial charge in [0, 0.05) is 47.2 Å². The van der Waals surface area contributed by atoms with Crippen LogP contribution in [0.3, 0.4) is 0 Å². The molecule has 0 spiro atoms. The lowest BCUT2D eigenvalue weighted by atomic mass is 10.0. The van der Waals surface area contributed by atoms with Crippen molar-refractivity contribution >= 4 is 86.2 Å². The van der Waals surface area contributed by atoms with Crippen molar-refractivity contribution in [3.63, 3.8) is 0 Å². The topological polar surface area (TPSA) is 15.3 Å². The Kier molecular flexibility index (Phi) is 5.65. The van der Waals surface area contributed by atoms with Gasteiger partial charge in [0.1, 0.15) is 6.17 Å². The largest absolute Gasteiger partial charge is 0.353 e. The van der Waals surface area contributed by atoms with E-state index in [1.165, 1.54) is 68.4 Å². The van der Waals surface area contributed by atoms with Crippen LogP contribution >= 0.6 is 22.7 Å². The number of hydrogen-bond acceptors (Lipinski definition) is 4. The monoisotopic (exact) mass is 586 g/mol. The summed E-state index contributed by atoms with van der Waals surface area (Å²) in [5.74, 6) is 0. The Morgan fingerprint density at radius 2 is 1.19 bits per heavy atom. The van der Waals surface area contributed by atoms with Crippen molar-refractivity contribution in [3.05, 3.63) is 145 Å². The zero-order chi connectivity index (χ0) is 28.3. The number of benzene rings is 6. The van der Waals surface area contributed by atoms with Crippen molar-refractivity contribution in [2.75, 3.05) is 10.2 Å². The van der Waals surface area contributed by atoms with E-state index in [2.05, 4.69) is 156 Å². The standard InChI is InChI=1S/C39H26N2S2/c1-2-8-25(9-3-1)26-14-16-29(17-15-26)41(30-18-19-32-31-12-6-7-13-35(31)42-37(32)24-30)38-21-20-33-34-22-27-10-4-5-11-28(27)23-36(34)43-39(33)40-38/h1-24,38,40H. The minimum Gasteiger partial charge on any atom is -0.353 e. The first kappa shape index (κ1) is 24.7. The molecule has 0 saturated carbocycles. The van der Waals surface area contributed by atoms with Crippen molar-refractivity contribution in [3.8, 4) is 11.1 Å². The van der Waals surface area contributed by atoms with Gasteiger partial charge in [0.15, 0.2) is 0 Å². The molecule has 0 radical (unpaired) electrons. The number of nitrogens with one attached hydrogen (secondary N) is 1. The van der Waals surface area contributed by atoms with Crippen LogP contribution in [-0.4, -0.2) is 6.17 Å². The highest BCUT2D eigenvalue weighted by atomic mass is 32.1. The van der Waals surface area contributed by atoms with E-state index in [0.717, 1.165) is 5.69 Å².